The summed E-state index contributed by atoms with van der Waals surface area (Å²) in [7, 11) is 0. The number of piperidine rings is 1. The van der Waals surface area contributed by atoms with Crippen molar-refractivity contribution in [3.63, 3.8) is 0 Å². The summed E-state index contributed by atoms with van der Waals surface area (Å²) in [5.74, 6) is 0.701. The van der Waals surface area contributed by atoms with E-state index in [1.165, 1.54) is 0 Å². The number of rotatable bonds is 7. The molecule has 2 amide bonds. The van der Waals surface area contributed by atoms with Gasteiger partial charge in [-0.1, -0.05) is 27.7 Å². The van der Waals surface area contributed by atoms with Gasteiger partial charge in [0.05, 0.1) is 0 Å². The Kier molecular flexibility index (Phi) is 7.46. The maximum Gasteiger partial charge on any atom is 0.315 e. The Morgan fingerprint density at radius 3 is 2.48 bits per heavy atom. The number of aliphatic hydroxyl groups excluding tert-OH is 1. The molecule has 0 bridgehead atoms. The average molecular weight is 299 g/mol. The molecule has 0 aromatic heterocycles. The summed E-state index contributed by atoms with van der Waals surface area (Å²) in [6, 6.07) is 0.206. The second kappa shape index (κ2) is 8.59. The highest BCUT2D eigenvalue weighted by Crippen LogP contribution is 2.18. The Morgan fingerprint density at radius 1 is 1.33 bits per heavy atom. The maximum absolute atomic E-state index is 11.9. The highest BCUT2D eigenvalue weighted by Gasteiger charge is 2.22. The fraction of sp³-hybridized carbons (Fsp3) is 0.938. The predicted molar refractivity (Wildman–Crippen MR) is 86.3 cm³/mol. The number of likely N-dealkylation sites (tertiary alicyclic amines) is 1. The van der Waals surface area contributed by atoms with E-state index in [-0.39, 0.29) is 24.1 Å². The maximum atomic E-state index is 11.9. The minimum Gasteiger partial charge on any atom is -0.396 e. The van der Waals surface area contributed by atoms with Gasteiger partial charge in [-0.05, 0) is 30.6 Å². The first-order chi connectivity index (χ1) is 9.82. The largest absolute Gasteiger partial charge is 0.396 e. The number of carbonyl (C=O) groups is 1. The molecule has 0 unspecified atom stereocenters. The molecule has 1 aliphatic rings. The van der Waals surface area contributed by atoms with E-state index in [1.807, 2.05) is 13.8 Å². The summed E-state index contributed by atoms with van der Waals surface area (Å²) in [5.41, 5.74) is -0.0628. The van der Waals surface area contributed by atoms with Crippen molar-refractivity contribution in [1.82, 2.24) is 15.5 Å². The summed E-state index contributed by atoms with van der Waals surface area (Å²) in [6.07, 6.45) is 2.75. The van der Waals surface area contributed by atoms with Gasteiger partial charge in [0, 0.05) is 38.8 Å². The Labute approximate surface area is 129 Å². The highest BCUT2D eigenvalue weighted by molar-refractivity contribution is 5.74. The molecule has 0 aromatic rings. The Bertz CT molecular complexity index is 311. The van der Waals surface area contributed by atoms with Gasteiger partial charge in [-0.25, -0.2) is 4.79 Å². The van der Waals surface area contributed by atoms with E-state index in [0.29, 0.717) is 18.9 Å². The molecule has 0 saturated carbocycles. The van der Waals surface area contributed by atoms with E-state index >= 15 is 0 Å². The zero-order valence-electron chi connectivity index (χ0n) is 14.1. The van der Waals surface area contributed by atoms with Gasteiger partial charge >= 0.3 is 6.03 Å². The molecule has 124 valence electrons. The second-order valence-corrected chi connectivity index (χ2v) is 7.43. The minimum absolute atomic E-state index is 0.0628. The van der Waals surface area contributed by atoms with Crippen molar-refractivity contribution in [3.8, 4) is 0 Å². The SMILES string of the molecule is CC(C)CN1CCC(NC(=O)NCC(C)(C)CCO)CC1. The van der Waals surface area contributed by atoms with E-state index in [0.717, 1.165) is 32.5 Å². The summed E-state index contributed by atoms with van der Waals surface area (Å²) in [6.45, 7) is 12.6. The Hall–Kier alpha value is -0.810. The predicted octanol–water partition coefficient (Wildman–Crippen LogP) is 1.81. The minimum atomic E-state index is -0.0803. The summed E-state index contributed by atoms with van der Waals surface area (Å²) in [4.78, 5) is 14.4. The molecule has 1 aliphatic heterocycles. The van der Waals surface area contributed by atoms with E-state index in [4.69, 9.17) is 5.11 Å². The lowest BCUT2D eigenvalue weighted by atomic mass is 9.90. The average Bonchev–Trinajstić information content (AvgIpc) is 2.38. The standard InChI is InChI=1S/C16H33N3O2/c1-13(2)11-19-8-5-14(6-9-19)18-15(21)17-12-16(3,4)7-10-20/h13-14,20H,5-12H2,1-4H3,(H2,17,18,21). The van der Waals surface area contributed by atoms with Crippen molar-refractivity contribution in [2.75, 3.05) is 32.8 Å². The molecule has 0 spiro atoms. The number of nitrogens with zero attached hydrogens (tertiary/aromatic N) is 1. The van der Waals surface area contributed by atoms with Crippen LogP contribution in [0.5, 0.6) is 0 Å². The second-order valence-electron chi connectivity index (χ2n) is 7.43. The highest BCUT2D eigenvalue weighted by atomic mass is 16.3. The molecule has 0 radical (unpaired) electrons. The lowest BCUT2D eigenvalue weighted by Crippen LogP contribution is -2.49. The number of nitrogens with one attached hydrogen (secondary N) is 2. The molecular formula is C16H33N3O2. The monoisotopic (exact) mass is 299 g/mol. The van der Waals surface area contributed by atoms with Gasteiger partial charge in [-0.2, -0.15) is 0 Å². The molecule has 5 heteroatoms. The van der Waals surface area contributed by atoms with Crippen molar-refractivity contribution in [2.45, 2.75) is 53.0 Å². The first-order valence-electron chi connectivity index (χ1n) is 8.20. The van der Waals surface area contributed by atoms with Gasteiger partial charge in [0.1, 0.15) is 0 Å². The first kappa shape index (κ1) is 18.2. The van der Waals surface area contributed by atoms with E-state index in [9.17, 15) is 4.79 Å². The molecule has 1 rings (SSSR count). The molecule has 0 aliphatic carbocycles. The van der Waals surface area contributed by atoms with Crippen molar-refractivity contribution in [3.05, 3.63) is 0 Å². The zero-order chi connectivity index (χ0) is 15.9. The molecule has 0 atom stereocenters. The van der Waals surface area contributed by atoms with Gasteiger partial charge in [0.25, 0.3) is 0 Å². The number of carbonyl (C=O) groups excluding carboxylic acids is 1. The molecule has 1 saturated heterocycles. The fourth-order valence-corrected chi connectivity index (χ4v) is 2.72. The lowest BCUT2D eigenvalue weighted by Gasteiger charge is -2.33. The fourth-order valence-electron chi connectivity index (χ4n) is 2.72. The van der Waals surface area contributed by atoms with Crippen LogP contribution in [0.2, 0.25) is 0 Å². The number of urea groups is 1. The molecular weight excluding hydrogens is 266 g/mol. The van der Waals surface area contributed by atoms with E-state index in [2.05, 4.69) is 29.4 Å². The van der Waals surface area contributed by atoms with Crippen LogP contribution in [0, 0.1) is 11.3 Å². The van der Waals surface area contributed by atoms with Crippen LogP contribution in [0.15, 0.2) is 0 Å². The van der Waals surface area contributed by atoms with Crippen LogP contribution in [-0.2, 0) is 0 Å². The molecule has 3 N–H and O–H groups in total. The van der Waals surface area contributed by atoms with Gasteiger partial charge in [0.15, 0.2) is 0 Å². The number of hydrogen-bond acceptors (Lipinski definition) is 3. The van der Waals surface area contributed by atoms with Crippen LogP contribution in [0.4, 0.5) is 4.79 Å². The van der Waals surface area contributed by atoms with Crippen LogP contribution in [-0.4, -0.2) is 54.9 Å². The normalized spacial score (nSPS) is 18.0. The number of amides is 2. The number of aliphatic hydroxyl groups is 1. The quantitative estimate of drug-likeness (QED) is 0.672. The Balaban J connectivity index is 2.21. The van der Waals surface area contributed by atoms with Crippen molar-refractivity contribution in [1.29, 1.82) is 0 Å². The Morgan fingerprint density at radius 2 is 1.95 bits per heavy atom. The third kappa shape index (κ3) is 7.67. The first-order valence-corrected chi connectivity index (χ1v) is 8.20. The van der Waals surface area contributed by atoms with Gasteiger partial charge in [-0.3, -0.25) is 0 Å². The summed E-state index contributed by atoms with van der Waals surface area (Å²) >= 11 is 0. The van der Waals surface area contributed by atoms with E-state index in [1.54, 1.807) is 0 Å². The van der Waals surface area contributed by atoms with Gasteiger partial charge in [-0.15, -0.1) is 0 Å². The summed E-state index contributed by atoms with van der Waals surface area (Å²) < 4.78 is 0. The van der Waals surface area contributed by atoms with Crippen molar-refractivity contribution in [2.24, 2.45) is 11.3 Å². The lowest BCUT2D eigenvalue weighted by molar-refractivity contribution is 0.174. The third-order valence-corrected chi connectivity index (χ3v) is 4.06. The van der Waals surface area contributed by atoms with Gasteiger partial charge in [0.2, 0.25) is 0 Å². The smallest absolute Gasteiger partial charge is 0.315 e. The van der Waals surface area contributed by atoms with Crippen molar-refractivity contribution >= 4 is 6.03 Å². The molecule has 1 heterocycles. The van der Waals surface area contributed by atoms with Gasteiger partial charge < -0.3 is 20.6 Å². The molecule has 5 nitrogen and oxygen atoms in total. The third-order valence-electron chi connectivity index (χ3n) is 4.06. The molecule has 21 heavy (non-hydrogen) atoms. The van der Waals surface area contributed by atoms with Crippen LogP contribution in [0.25, 0.3) is 0 Å². The van der Waals surface area contributed by atoms with Crippen LogP contribution in [0.3, 0.4) is 0 Å². The van der Waals surface area contributed by atoms with E-state index < -0.39 is 0 Å². The molecule has 0 aromatic carbocycles. The van der Waals surface area contributed by atoms with Crippen molar-refractivity contribution < 1.29 is 9.90 Å². The number of hydrogen-bond donors (Lipinski definition) is 3. The topological polar surface area (TPSA) is 64.6 Å². The van der Waals surface area contributed by atoms with Crippen LogP contribution < -0.4 is 10.6 Å². The van der Waals surface area contributed by atoms with Crippen LogP contribution >= 0.6 is 0 Å². The summed E-state index contributed by atoms with van der Waals surface area (Å²) in [5, 5.41) is 15.0. The molecule has 1 fully saturated rings. The van der Waals surface area contributed by atoms with Crippen LogP contribution in [0.1, 0.15) is 47.0 Å². The zero-order valence-corrected chi connectivity index (χ0v) is 14.1.